The van der Waals surface area contributed by atoms with E-state index in [-0.39, 0.29) is 0 Å². The molecule has 6 nitrogen and oxygen atoms in total. The first kappa shape index (κ1) is 17.2. The molecular formula is C20H17ClN4O2. The van der Waals surface area contributed by atoms with Gasteiger partial charge in [0.15, 0.2) is 17.1 Å². The van der Waals surface area contributed by atoms with Crippen LogP contribution in [0.4, 0.5) is 5.82 Å². The van der Waals surface area contributed by atoms with Gasteiger partial charge in [-0.3, -0.25) is 0 Å². The number of fused-ring (bicyclic) bond motifs is 1. The van der Waals surface area contributed by atoms with E-state index in [0.717, 1.165) is 22.3 Å². The molecular weight excluding hydrogens is 364 g/mol. The zero-order valence-electron chi connectivity index (χ0n) is 14.8. The van der Waals surface area contributed by atoms with Gasteiger partial charge in [-0.1, -0.05) is 29.8 Å². The topological polar surface area (TPSA) is 74.7 Å². The number of nitrogen functional groups attached to an aromatic ring is 1. The molecule has 0 saturated heterocycles. The third-order valence-corrected chi connectivity index (χ3v) is 4.63. The van der Waals surface area contributed by atoms with Gasteiger partial charge in [0.25, 0.3) is 0 Å². The summed E-state index contributed by atoms with van der Waals surface area (Å²) in [5.41, 5.74) is 10.4. The number of methoxy groups -OCH3 is 2. The van der Waals surface area contributed by atoms with Gasteiger partial charge in [-0.15, -0.1) is 0 Å². The van der Waals surface area contributed by atoms with E-state index in [4.69, 9.17) is 26.8 Å². The van der Waals surface area contributed by atoms with E-state index in [0.29, 0.717) is 28.0 Å². The van der Waals surface area contributed by atoms with Crippen molar-refractivity contribution in [3.63, 3.8) is 0 Å². The fourth-order valence-corrected chi connectivity index (χ4v) is 3.22. The molecule has 0 spiro atoms. The van der Waals surface area contributed by atoms with E-state index < -0.39 is 0 Å². The molecule has 2 heterocycles. The van der Waals surface area contributed by atoms with Crippen LogP contribution in [-0.4, -0.2) is 28.8 Å². The van der Waals surface area contributed by atoms with E-state index in [2.05, 4.69) is 10.1 Å². The fraction of sp³-hybridized carbons (Fsp3) is 0.100. The van der Waals surface area contributed by atoms with Crippen LogP contribution in [0, 0.1) is 0 Å². The Morgan fingerprint density at radius 1 is 0.926 bits per heavy atom. The zero-order valence-corrected chi connectivity index (χ0v) is 15.6. The number of rotatable bonds is 4. The summed E-state index contributed by atoms with van der Waals surface area (Å²) in [6.45, 7) is 0. The lowest BCUT2D eigenvalue weighted by Crippen LogP contribution is -2.02. The van der Waals surface area contributed by atoms with Crippen LogP contribution >= 0.6 is 11.6 Å². The average molecular weight is 381 g/mol. The maximum absolute atomic E-state index is 6.37. The van der Waals surface area contributed by atoms with Crippen molar-refractivity contribution in [1.82, 2.24) is 14.6 Å². The second-order valence-electron chi connectivity index (χ2n) is 5.93. The molecule has 0 aliphatic rings. The number of benzene rings is 2. The number of hydrogen-bond acceptors (Lipinski definition) is 5. The summed E-state index contributed by atoms with van der Waals surface area (Å²) in [5.74, 6) is 1.79. The number of nitrogens with zero attached hydrogens (tertiary/aromatic N) is 3. The monoisotopic (exact) mass is 380 g/mol. The van der Waals surface area contributed by atoms with Crippen LogP contribution in [-0.2, 0) is 0 Å². The first-order chi connectivity index (χ1) is 13.1. The largest absolute Gasteiger partial charge is 0.493 e. The van der Waals surface area contributed by atoms with E-state index in [9.17, 15) is 0 Å². The Hall–Kier alpha value is -3.25. The van der Waals surface area contributed by atoms with Gasteiger partial charge in [0.1, 0.15) is 5.82 Å². The highest BCUT2D eigenvalue weighted by atomic mass is 35.5. The predicted octanol–water partition coefficient (Wildman–Crippen LogP) is 4.32. The summed E-state index contributed by atoms with van der Waals surface area (Å²) in [6.07, 6.45) is 3.48. The second-order valence-corrected chi connectivity index (χ2v) is 6.37. The molecule has 7 heteroatoms. The van der Waals surface area contributed by atoms with Crippen LogP contribution in [0.5, 0.6) is 11.5 Å². The first-order valence-corrected chi connectivity index (χ1v) is 8.60. The van der Waals surface area contributed by atoms with E-state index in [1.165, 1.54) is 0 Å². The van der Waals surface area contributed by atoms with Gasteiger partial charge in [0.2, 0.25) is 0 Å². The lowest BCUT2D eigenvalue weighted by atomic mass is 10.1. The number of nitrogens with two attached hydrogens (primary N) is 1. The molecule has 0 atom stereocenters. The average Bonchev–Trinajstić information content (AvgIpc) is 3.12. The summed E-state index contributed by atoms with van der Waals surface area (Å²) in [7, 11) is 3.21. The minimum atomic E-state index is 0.494. The maximum atomic E-state index is 6.37. The quantitative estimate of drug-likeness (QED) is 0.570. The first-order valence-electron chi connectivity index (χ1n) is 8.23. The Morgan fingerprint density at radius 3 is 2.44 bits per heavy atom. The van der Waals surface area contributed by atoms with Crippen molar-refractivity contribution in [3.8, 4) is 33.8 Å². The van der Waals surface area contributed by atoms with Crippen molar-refractivity contribution in [2.75, 3.05) is 20.0 Å². The van der Waals surface area contributed by atoms with Crippen LogP contribution in [0.1, 0.15) is 0 Å². The normalized spacial score (nSPS) is 10.9. The van der Waals surface area contributed by atoms with Crippen LogP contribution in [0.2, 0.25) is 5.02 Å². The molecule has 0 amide bonds. The van der Waals surface area contributed by atoms with Crippen LogP contribution in [0.15, 0.2) is 54.9 Å². The molecule has 0 aliphatic carbocycles. The summed E-state index contributed by atoms with van der Waals surface area (Å²) < 4.78 is 12.3. The SMILES string of the molecule is COc1ccc(-c2cnn3c(N)c(-c4cccc(Cl)c4)cnc23)cc1OC. The summed E-state index contributed by atoms with van der Waals surface area (Å²) in [4.78, 5) is 4.59. The van der Waals surface area contributed by atoms with Gasteiger partial charge < -0.3 is 15.2 Å². The summed E-state index contributed by atoms with van der Waals surface area (Å²) in [6, 6.07) is 13.1. The summed E-state index contributed by atoms with van der Waals surface area (Å²) >= 11 is 6.10. The molecule has 0 fully saturated rings. The molecule has 0 bridgehead atoms. The van der Waals surface area contributed by atoms with Crippen molar-refractivity contribution in [2.45, 2.75) is 0 Å². The molecule has 0 unspecified atom stereocenters. The van der Waals surface area contributed by atoms with Gasteiger partial charge in [-0.25, -0.2) is 4.98 Å². The van der Waals surface area contributed by atoms with E-state index in [1.807, 2.05) is 42.5 Å². The minimum Gasteiger partial charge on any atom is -0.493 e. The molecule has 0 aliphatic heterocycles. The molecule has 136 valence electrons. The number of ether oxygens (including phenoxy) is 2. The van der Waals surface area contributed by atoms with Crippen LogP contribution in [0.25, 0.3) is 27.9 Å². The van der Waals surface area contributed by atoms with E-state index >= 15 is 0 Å². The van der Waals surface area contributed by atoms with Gasteiger partial charge in [-0.05, 0) is 35.4 Å². The number of halogens is 1. The van der Waals surface area contributed by atoms with Crippen molar-refractivity contribution in [3.05, 3.63) is 59.9 Å². The van der Waals surface area contributed by atoms with Crippen molar-refractivity contribution >= 4 is 23.1 Å². The smallest absolute Gasteiger partial charge is 0.165 e. The maximum Gasteiger partial charge on any atom is 0.165 e. The molecule has 2 aromatic heterocycles. The molecule has 0 saturated carbocycles. The van der Waals surface area contributed by atoms with Crippen molar-refractivity contribution < 1.29 is 9.47 Å². The molecule has 4 aromatic rings. The Labute approximate surface area is 161 Å². The molecule has 2 N–H and O–H groups in total. The van der Waals surface area contributed by atoms with Gasteiger partial charge in [-0.2, -0.15) is 9.61 Å². The second kappa shape index (κ2) is 6.81. The highest BCUT2D eigenvalue weighted by molar-refractivity contribution is 6.30. The molecule has 2 aromatic carbocycles. The van der Waals surface area contributed by atoms with Crippen molar-refractivity contribution in [2.24, 2.45) is 0 Å². The van der Waals surface area contributed by atoms with Crippen LogP contribution < -0.4 is 15.2 Å². The molecule has 0 radical (unpaired) electrons. The minimum absolute atomic E-state index is 0.494. The Balaban J connectivity index is 1.85. The lowest BCUT2D eigenvalue weighted by Gasteiger charge is -2.10. The Kier molecular flexibility index (Phi) is 4.33. The van der Waals surface area contributed by atoms with Gasteiger partial charge in [0.05, 0.1) is 20.4 Å². The predicted molar refractivity (Wildman–Crippen MR) is 106 cm³/mol. The van der Waals surface area contributed by atoms with Gasteiger partial charge in [0, 0.05) is 22.3 Å². The van der Waals surface area contributed by atoms with Gasteiger partial charge >= 0.3 is 0 Å². The third kappa shape index (κ3) is 2.94. The van der Waals surface area contributed by atoms with Crippen LogP contribution in [0.3, 0.4) is 0 Å². The molecule has 4 rings (SSSR count). The van der Waals surface area contributed by atoms with Crippen molar-refractivity contribution in [1.29, 1.82) is 0 Å². The number of hydrogen-bond donors (Lipinski definition) is 1. The third-order valence-electron chi connectivity index (χ3n) is 4.39. The zero-order chi connectivity index (χ0) is 19.0. The highest BCUT2D eigenvalue weighted by Gasteiger charge is 2.15. The highest BCUT2D eigenvalue weighted by Crippen LogP contribution is 2.35. The molecule has 27 heavy (non-hydrogen) atoms. The standard InChI is InChI=1S/C20H17ClN4O2/c1-26-17-7-6-13(9-18(17)27-2)16-11-24-25-19(22)15(10-23-20(16)25)12-4-3-5-14(21)8-12/h3-11H,22H2,1-2H3. The Bertz CT molecular complexity index is 1140. The fourth-order valence-electron chi connectivity index (χ4n) is 3.03. The number of aromatic nitrogens is 3. The Morgan fingerprint density at radius 2 is 1.70 bits per heavy atom. The van der Waals surface area contributed by atoms with E-state index in [1.54, 1.807) is 31.1 Å². The summed E-state index contributed by atoms with van der Waals surface area (Å²) in [5, 5.41) is 5.06. The lowest BCUT2D eigenvalue weighted by molar-refractivity contribution is 0.355. The number of anilines is 1.